The maximum absolute atomic E-state index is 14.3. The molecule has 0 spiro atoms. The first-order valence-corrected chi connectivity index (χ1v) is 14.2. The summed E-state index contributed by atoms with van der Waals surface area (Å²) >= 11 is 0. The highest BCUT2D eigenvalue weighted by Crippen LogP contribution is 2.42. The fourth-order valence-corrected chi connectivity index (χ4v) is 6.83. The molecule has 0 bridgehead atoms. The van der Waals surface area contributed by atoms with Gasteiger partial charge in [0.15, 0.2) is 5.60 Å². The van der Waals surface area contributed by atoms with Gasteiger partial charge in [0.25, 0.3) is 0 Å². The van der Waals surface area contributed by atoms with Crippen molar-refractivity contribution >= 4 is 26.5 Å². The number of sulfonamides is 1. The third-order valence-corrected chi connectivity index (χ3v) is 8.88. The van der Waals surface area contributed by atoms with Crippen molar-refractivity contribution in [2.45, 2.75) is 67.7 Å². The molecule has 1 aliphatic heterocycles. The van der Waals surface area contributed by atoms with E-state index < -0.39 is 21.3 Å². The predicted octanol–water partition coefficient (Wildman–Crippen LogP) is 3.33. The number of aromatic nitrogens is 2. The van der Waals surface area contributed by atoms with Crippen LogP contribution < -0.4 is 10.0 Å². The number of aliphatic hydroxyl groups is 1. The topological polar surface area (TPSA) is 113 Å². The van der Waals surface area contributed by atoms with Crippen molar-refractivity contribution in [2.24, 2.45) is 0 Å². The monoisotopic (exact) mass is 526 g/mol. The molecule has 2 aliphatic carbocycles. The molecule has 0 radical (unpaired) electrons. The van der Waals surface area contributed by atoms with E-state index in [0.717, 1.165) is 40.7 Å². The summed E-state index contributed by atoms with van der Waals surface area (Å²) in [5, 5.41) is 15.3. The van der Waals surface area contributed by atoms with E-state index >= 15 is 0 Å². The SMILES string of the molecule is CC(C)(F)CNS(=O)(=O)c1c2c(cc3cnc(C4CC4)cc13)C[C@@H](Nc1ccc(C3(O)COC3)nc1)C2. The fraction of sp³-hybridized carbons (Fsp3) is 0.481. The van der Waals surface area contributed by atoms with Crippen LogP contribution in [0.15, 0.2) is 41.6 Å². The van der Waals surface area contributed by atoms with Gasteiger partial charge in [-0.25, -0.2) is 17.5 Å². The maximum Gasteiger partial charge on any atom is 0.241 e. The minimum atomic E-state index is -3.98. The predicted molar refractivity (Wildman–Crippen MR) is 138 cm³/mol. The van der Waals surface area contributed by atoms with Crippen LogP contribution in [0.5, 0.6) is 0 Å². The molecular weight excluding hydrogens is 495 g/mol. The van der Waals surface area contributed by atoms with Gasteiger partial charge >= 0.3 is 0 Å². The molecule has 3 aliphatic rings. The number of nitrogens with one attached hydrogen (secondary N) is 2. The standard InChI is InChI=1S/C27H31FN4O4S/c1-26(2,28)13-31-37(34,35)25-21-9-20(32-19-5-6-24(30-12-19)27(33)14-36-15-27)8-17(21)7-18-11-29-23(10-22(18)25)16-3-4-16/h5-7,10-12,16,20,31-33H,3-4,8-9,13-15H2,1-2H3/t20-/m1/s1. The summed E-state index contributed by atoms with van der Waals surface area (Å²) in [5.41, 5.74) is 1.26. The Morgan fingerprint density at radius 2 is 1.95 bits per heavy atom. The van der Waals surface area contributed by atoms with Crippen LogP contribution in [0.25, 0.3) is 10.8 Å². The van der Waals surface area contributed by atoms with E-state index in [4.69, 9.17) is 4.74 Å². The van der Waals surface area contributed by atoms with Crippen molar-refractivity contribution in [1.29, 1.82) is 0 Å². The number of halogens is 1. The molecule has 2 fully saturated rings. The summed E-state index contributed by atoms with van der Waals surface area (Å²) in [7, 11) is -3.98. The maximum atomic E-state index is 14.3. The molecule has 1 aromatic carbocycles. The summed E-state index contributed by atoms with van der Waals surface area (Å²) in [5.74, 6) is 0.375. The van der Waals surface area contributed by atoms with Crippen LogP contribution in [0.2, 0.25) is 0 Å². The van der Waals surface area contributed by atoms with E-state index in [1.807, 2.05) is 18.2 Å². The molecule has 10 heteroatoms. The third-order valence-electron chi connectivity index (χ3n) is 7.35. The first-order chi connectivity index (χ1) is 17.5. The highest BCUT2D eigenvalue weighted by atomic mass is 32.2. The Balaban J connectivity index is 1.33. The Kier molecular flexibility index (Phi) is 5.79. The lowest BCUT2D eigenvalue weighted by molar-refractivity contribution is -0.186. The number of pyridine rings is 2. The van der Waals surface area contributed by atoms with Crippen molar-refractivity contribution in [3.8, 4) is 0 Å². The minimum Gasteiger partial charge on any atom is -0.380 e. The number of ether oxygens (including phenoxy) is 1. The van der Waals surface area contributed by atoms with Gasteiger partial charge in [-0.05, 0) is 74.9 Å². The Labute approximate surface area is 215 Å². The Morgan fingerprint density at radius 1 is 1.16 bits per heavy atom. The lowest BCUT2D eigenvalue weighted by Crippen LogP contribution is -2.47. The third kappa shape index (κ3) is 4.83. The molecule has 37 heavy (non-hydrogen) atoms. The number of benzene rings is 1. The van der Waals surface area contributed by atoms with Crippen LogP contribution in [-0.2, 0) is 33.2 Å². The second-order valence-corrected chi connectivity index (χ2v) is 12.9. The molecule has 1 saturated heterocycles. The van der Waals surface area contributed by atoms with Crippen LogP contribution in [0, 0.1) is 0 Å². The molecule has 0 unspecified atom stereocenters. The lowest BCUT2D eigenvalue weighted by Gasteiger charge is -2.35. The van der Waals surface area contributed by atoms with E-state index in [9.17, 15) is 17.9 Å². The second-order valence-electron chi connectivity index (χ2n) is 11.2. The van der Waals surface area contributed by atoms with Crippen molar-refractivity contribution in [3.63, 3.8) is 0 Å². The molecule has 3 aromatic rings. The zero-order valence-electron chi connectivity index (χ0n) is 20.9. The van der Waals surface area contributed by atoms with Crippen molar-refractivity contribution in [1.82, 2.24) is 14.7 Å². The summed E-state index contributed by atoms with van der Waals surface area (Å²) in [6.07, 6.45) is 6.69. The van der Waals surface area contributed by atoms with E-state index in [1.54, 1.807) is 18.5 Å². The summed E-state index contributed by atoms with van der Waals surface area (Å²) < 4.78 is 49.1. The van der Waals surface area contributed by atoms with Crippen molar-refractivity contribution < 1.29 is 22.7 Å². The molecular formula is C27H31FN4O4S. The van der Waals surface area contributed by atoms with Crippen LogP contribution in [0.3, 0.4) is 0 Å². The summed E-state index contributed by atoms with van der Waals surface area (Å²) in [6.45, 7) is 2.88. The molecule has 1 atom stereocenters. The van der Waals surface area contributed by atoms with Crippen LogP contribution in [-0.4, -0.2) is 55.0 Å². The number of anilines is 1. The Hall–Kier alpha value is -2.66. The smallest absolute Gasteiger partial charge is 0.241 e. The van der Waals surface area contributed by atoms with Gasteiger partial charge in [0.2, 0.25) is 10.0 Å². The van der Waals surface area contributed by atoms with Crippen molar-refractivity contribution in [3.05, 3.63) is 59.2 Å². The first-order valence-electron chi connectivity index (χ1n) is 12.7. The lowest BCUT2D eigenvalue weighted by atomic mass is 9.97. The number of hydrogen-bond donors (Lipinski definition) is 3. The Morgan fingerprint density at radius 3 is 2.57 bits per heavy atom. The Bertz CT molecular complexity index is 1460. The number of nitrogens with zero attached hydrogens (tertiary/aromatic N) is 2. The minimum absolute atomic E-state index is 0.0444. The molecule has 1 saturated carbocycles. The average molecular weight is 527 g/mol. The highest BCUT2D eigenvalue weighted by molar-refractivity contribution is 7.89. The van der Waals surface area contributed by atoms with Gasteiger partial charge in [0.05, 0.1) is 35.7 Å². The van der Waals surface area contributed by atoms with E-state index in [1.165, 1.54) is 13.8 Å². The molecule has 8 nitrogen and oxygen atoms in total. The highest BCUT2D eigenvalue weighted by Gasteiger charge is 2.39. The largest absolute Gasteiger partial charge is 0.380 e. The average Bonchev–Trinajstić information content (AvgIpc) is 3.60. The van der Waals surface area contributed by atoms with Crippen LogP contribution in [0.1, 0.15) is 55.1 Å². The van der Waals surface area contributed by atoms with Crippen molar-refractivity contribution in [2.75, 3.05) is 25.1 Å². The summed E-state index contributed by atoms with van der Waals surface area (Å²) in [6, 6.07) is 7.54. The molecule has 3 heterocycles. The van der Waals surface area contributed by atoms with E-state index in [0.29, 0.717) is 29.8 Å². The fourth-order valence-electron chi connectivity index (χ4n) is 5.15. The molecule has 6 rings (SSSR count). The normalized spacial score (nSPS) is 21.0. The first kappa shape index (κ1) is 24.7. The molecule has 2 aromatic heterocycles. The number of hydrogen-bond acceptors (Lipinski definition) is 7. The van der Waals surface area contributed by atoms with Gasteiger partial charge in [-0.1, -0.05) is 0 Å². The molecule has 196 valence electrons. The summed E-state index contributed by atoms with van der Waals surface area (Å²) in [4.78, 5) is 9.24. The van der Waals surface area contributed by atoms with E-state index in [-0.39, 0.29) is 30.7 Å². The number of fused-ring (bicyclic) bond motifs is 2. The van der Waals surface area contributed by atoms with Gasteiger partial charge in [0.1, 0.15) is 5.67 Å². The number of rotatable bonds is 8. The molecule has 0 amide bonds. The zero-order valence-corrected chi connectivity index (χ0v) is 21.7. The van der Waals surface area contributed by atoms with Gasteiger partial charge in [-0.15, -0.1) is 0 Å². The number of alkyl halides is 1. The van der Waals surface area contributed by atoms with Crippen LogP contribution in [0.4, 0.5) is 10.1 Å². The zero-order chi connectivity index (χ0) is 26.0. The van der Waals surface area contributed by atoms with Gasteiger partial charge < -0.3 is 15.2 Å². The van der Waals surface area contributed by atoms with Gasteiger partial charge in [-0.3, -0.25) is 9.97 Å². The van der Waals surface area contributed by atoms with E-state index in [2.05, 4.69) is 20.0 Å². The van der Waals surface area contributed by atoms with Crippen LogP contribution >= 0.6 is 0 Å². The van der Waals surface area contributed by atoms with Gasteiger partial charge in [-0.2, -0.15) is 0 Å². The quantitative estimate of drug-likeness (QED) is 0.413. The van der Waals surface area contributed by atoms with Gasteiger partial charge in [0, 0.05) is 41.2 Å². The second kappa shape index (κ2) is 8.69. The molecule has 3 N–H and O–H groups in total.